The number of fused-ring (bicyclic) bond motifs is 1. The van der Waals surface area contributed by atoms with E-state index >= 15 is 0 Å². The van der Waals surface area contributed by atoms with Crippen LogP contribution in [0.4, 0.5) is 0 Å². The van der Waals surface area contributed by atoms with E-state index in [2.05, 4.69) is 20.8 Å². The molecule has 0 saturated heterocycles. The van der Waals surface area contributed by atoms with E-state index in [1.165, 1.54) is 10.5 Å². The zero-order chi connectivity index (χ0) is 25.2. The molecule has 4 rings (SSSR count). The van der Waals surface area contributed by atoms with Gasteiger partial charge in [0.1, 0.15) is 17.9 Å². The second-order valence-corrected chi connectivity index (χ2v) is 9.53. The van der Waals surface area contributed by atoms with Crippen LogP contribution in [0, 0.1) is 0 Å². The predicted octanol–water partition coefficient (Wildman–Crippen LogP) is 5.54. The van der Waals surface area contributed by atoms with Crippen molar-refractivity contribution in [2.45, 2.75) is 46.3 Å². The Balaban J connectivity index is 1.51. The summed E-state index contributed by atoms with van der Waals surface area (Å²) in [5.74, 6) is -0.825. The number of carbonyl (C=O) groups is 3. The Morgan fingerprint density at radius 1 is 0.857 bits per heavy atom. The quantitative estimate of drug-likeness (QED) is 0.334. The van der Waals surface area contributed by atoms with Crippen LogP contribution in [0.1, 0.15) is 75.5 Å². The van der Waals surface area contributed by atoms with Crippen molar-refractivity contribution < 1.29 is 23.9 Å². The Morgan fingerprint density at radius 3 is 2.03 bits per heavy atom. The van der Waals surface area contributed by atoms with Crippen LogP contribution in [0.3, 0.4) is 0 Å². The van der Waals surface area contributed by atoms with Gasteiger partial charge in [-0.1, -0.05) is 63.2 Å². The summed E-state index contributed by atoms with van der Waals surface area (Å²) >= 11 is 0. The average Bonchev–Trinajstić information content (AvgIpc) is 3.08. The number of ether oxygens (including phenoxy) is 2. The van der Waals surface area contributed by atoms with E-state index in [9.17, 15) is 14.4 Å². The molecule has 0 N–H and O–H groups in total. The van der Waals surface area contributed by atoms with Crippen molar-refractivity contribution in [1.29, 1.82) is 0 Å². The van der Waals surface area contributed by atoms with Gasteiger partial charge >= 0.3 is 5.97 Å². The monoisotopic (exact) mass is 471 g/mol. The van der Waals surface area contributed by atoms with Gasteiger partial charge in [-0.05, 0) is 53.3 Å². The maximum absolute atomic E-state index is 13.0. The predicted molar refractivity (Wildman–Crippen MR) is 133 cm³/mol. The fraction of sp³-hybridized carbons (Fsp3) is 0.276. The number of benzene rings is 3. The van der Waals surface area contributed by atoms with E-state index in [1.54, 1.807) is 42.5 Å². The van der Waals surface area contributed by atoms with E-state index in [1.807, 2.05) is 31.2 Å². The van der Waals surface area contributed by atoms with Gasteiger partial charge in [-0.2, -0.15) is 0 Å². The summed E-state index contributed by atoms with van der Waals surface area (Å²) in [7, 11) is 0. The average molecular weight is 472 g/mol. The van der Waals surface area contributed by atoms with Crippen molar-refractivity contribution in [2.75, 3.05) is 6.61 Å². The lowest BCUT2D eigenvalue weighted by atomic mass is 9.87. The minimum atomic E-state index is -0.530. The molecule has 1 aliphatic heterocycles. The summed E-state index contributed by atoms with van der Waals surface area (Å²) < 4.78 is 11.2. The van der Waals surface area contributed by atoms with Crippen LogP contribution >= 0.6 is 0 Å². The van der Waals surface area contributed by atoms with E-state index in [0.29, 0.717) is 29.0 Å². The molecule has 3 aromatic carbocycles. The summed E-state index contributed by atoms with van der Waals surface area (Å²) in [5, 5.41) is 0. The van der Waals surface area contributed by atoms with Crippen molar-refractivity contribution in [3.63, 3.8) is 0 Å². The molecule has 0 atom stereocenters. The summed E-state index contributed by atoms with van der Waals surface area (Å²) in [6.45, 7) is 8.82. The SMILES string of the molecule is CCOc1ccc(CN2C(=O)c3ccccc3C2=O)cc1C(=O)OCc1ccc(C(C)(C)C)cc1. The standard InChI is InChI=1S/C29H29NO5/c1-5-34-25-15-12-20(17-30-26(31)22-8-6-7-9-23(22)27(30)32)16-24(25)28(33)35-18-19-10-13-21(14-11-19)29(2,3)4/h6-16H,5,17-18H2,1-4H3. The molecule has 6 nitrogen and oxygen atoms in total. The van der Waals surface area contributed by atoms with Gasteiger partial charge in [0.25, 0.3) is 11.8 Å². The number of imide groups is 1. The topological polar surface area (TPSA) is 72.9 Å². The molecule has 0 aliphatic carbocycles. The van der Waals surface area contributed by atoms with Crippen LogP contribution in [-0.4, -0.2) is 29.3 Å². The number of esters is 1. The largest absolute Gasteiger partial charge is 0.493 e. The maximum atomic E-state index is 13.0. The van der Waals surface area contributed by atoms with E-state index in [4.69, 9.17) is 9.47 Å². The molecule has 0 spiro atoms. The smallest absolute Gasteiger partial charge is 0.342 e. The summed E-state index contributed by atoms with van der Waals surface area (Å²) in [6, 6.07) is 19.8. The van der Waals surface area contributed by atoms with Crippen LogP contribution in [0.15, 0.2) is 66.7 Å². The Kier molecular flexibility index (Phi) is 6.74. The molecule has 3 aromatic rings. The fourth-order valence-corrected chi connectivity index (χ4v) is 4.01. The first-order valence-electron chi connectivity index (χ1n) is 11.7. The van der Waals surface area contributed by atoms with Gasteiger partial charge in [0.05, 0.1) is 24.3 Å². The first-order valence-corrected chi connectivity index (χ1v) is 11.7. The van der Waals surface area contributed by atoms with Crippen molar-refractivity contribution in [1.82, 2.24) is 4.90 Å². The number of nitrogens with zero attached hydrogens (tertiary/aromatic N) is 1. The molecule has 0 aromatic heterocycles. The first kappa shape index (κ1) is 24.2. The normalized spacial score (nSPS) is 13.1. The molecule has 180 valence electrons. The Hall–Kier alpha value is -3.93. The Labute approximate surface area is 205 Å². The lowest BCUT2D eigenvalue weighted by Gasteiger charge is -2.19. The Bertz CT molecular complexity index is 1240. The molecule has 1 heterocycles. The number of hydrogen-bond acceptors (Lipinski definition) is 5. The van der Waals surface area contributed by atoms with Crippen molar-refractivity contribution in [3.8, 4) is 5.75 Å². The van der Waals surface area contributed by atoms with E-state index in [-0.39, 0.29) is 35.9 Å². The maximum Gasteiger partial charge on any atom is 0.342 e. The van der Waals surface area contributed by atoms with Gasteiger partial charge in [0, 0.05) is 0 Å². The summed E-state index contributed by atoms with van der Waals surface area (Å²) in [5.41, 5.74) is 3.79. The molecular weight excluding hydrogens is 442 g/mol. The highest BCUT2D eigenvalue weighted by Crippen LogP contribution is 2.27. The fourth-order valence-electron chi connectivity index (χ4n) is 4.01. The minimum absolute atomic E-state index is 0.0432. The van der Waals surface area contributed by atoms with Crippen LogP contribution in [0.25, 0.3) is 0 Å². The number of rotatable bonds is 7. The summed E-state index contributed by atoms with van der Waals surface area (Å²) in [4.78, 5) is 39.6. The highest BCUT2D eigenvalue weighted by Gasteiger charge is 2.35. The molecule has 35 heavy (non-hydrogen) atoms. The molecule has 6 heteroatoms. The van der Waals surface area contributed by atoms with Crippen molar-refractivity contribution >= 4 is 17.8 Å². The minimum Gasteiger partial charge on any atom is -0.493 e. The van der Waals surface area contributed by atoms with Crippen LogP contribution in [-0.2, 0) is 23.3 Å². The third-order valence-electron chi connectivity index (χ3n) is 5.97. The van der Waals surface area contributed by atoms with Gasteiger partial charge < -0.3 is 9.47 Å². The lowest BCUT2D eigenvalue weighted by Crippen LogP contribution is -2.29. The van der Waals surface area contributed by atoms with Gasteiger partial charge in [0.15, 0.2) is 0 Å². The van der Waals surface area contributed by atoms with Crippen LogP contribution in [0.5, 0.6) is 5.75 Å². The van der Waals surface area contributed by atoms with Crippen LogP contribution in [0.2, 0.25) is 0 Å². The highest BCUT2D eigenvalue weighted by atomic mass is 16.5. The molecule has 0 fully saturated rings. The van der Waals surface area contributed by atoms with E-state index in [0.717, 1.165) is 5.56 Å². The van der Waals surface area contributed by atoms with Gasteiger partial charge in [0.2, 0.25) is 0 Å². The van der Waals surface area contributed by atoms with Gasteiger partial charge in [-0.15, -0.1) is 0 Å². The second kappa shape index (κ2) is 9.74. The molecule has 0 unspecified atom stereocenters. The molecule has 2 amide bonds. The highest BCUT2D eigenvalue weighted by molar-refractivity contribution is 6.21. The first-order chi connectivity index (χ1) is 16.7. The molecule has 0 bridgehead atoms. The van der Waals surface area contributed by atoms with Crippen molar-refractivity contribution in [3.05, 3.63) is 100 Å². The zero-order valence-corrected chi connectivity index (χ0v) is 20.5. The van der Waals surface area contributed by atoms with Crippen LogP contribution < -0.4 is 4.74 Å². The van der Waals surface area contributed by atoms with E-state index < -0.39 is 5.97 Å². The zero-order valence-electron chi connectivity index (χ0n) is 20.5. The van der Waals surface area contributed by atoms with Gasteiger partial charge in [-0.25, -0.2) is 4.79 Å². The third kappa shape index (κ3) is 5.11. The molecular formula is C29H29NO5. The Morgan fingerprint density at radius 2 is 1.46 bits per heavy atom. The van der Waals surface area contributed by atoms with Crippen molar-refractivity contribution in [2.24, 2.45) is 0 Å². The summed E-state index contributed by atoms with van der Waals surface area (Å²) in [6.07, 6.45) is 0. The molecule has 1 aliphatic rings. The number of hydrogen-bond donors (Lipinski definition) is 0. The molecule has 0 radical (unpaired) electrons. The molecule has 0 saturated carbocycles. The second-order valence-electron chi connectivity index (χ2n) is 9.53. The third-order valence-corrected chi connectivity index (χ3v) is 5.97. The number of carbonyl (C=O) groups excluding carboxylic acids is 3. The van der Waals surface area contributed by atoms with Gasteiger partial charge in [-0.3, -0.25) is 14.5 Å². The number of amides is 2. The lowest BCUT2D eigenvalue weighted by molar-refractivity contribution is 0.0468.